The fraction of sp³-hybridized carbons (Fsp3) is 0.462. The molecule has 0 unspecified atom stereocenters. The van der Waals surface area contributed by atoms with Gasteiger partial charge in [-0.1, -0.05) is 18.2 Å². The van der Waals surface area contributed by atoms with Crippen molar-refractivity contribution in [3.05, 3.63) is 30.3 Å². The topological polar surface area (TPSA) is 113 Å². The van der Waals surface area contributed by atoms with Crippen molar-refractivity contribution in [3.8, 4) is 0 Å². The van der Waals surface area contributed by atoms with Gasteiger partial charge in [0.2, 0.25) is 10.0 Å². The van der Waals surface area contributed by atoms with Gasteiger partial charge in [-0.3, -0.25) is 10.2 Å². The summed E-state index contributed by atoms with van der Waals surface area (Å²) < 4.78 is 49.5. The number of rotatable bonds is 8. The Bertz CT molecular complexity index is 730. The van der Waals surface area contributed by atoms with Crippen molar-refractivity contribution in [2.45, 2.75) is 17.4 Å². The highest BCUT2D eigenvalue weighted by Gasteiger charge is 2.27. The standard InChI is InChI=1S/C13H21N3O5S2/c1-16(2)14-13(17)12(9-10-22(3,18)19)15-23(20,21)11-7-5-4-6-8-11/h4-8,12,15H,9-10H2,1-3H3,(H,14,17)/t12-/m1/s1. The predicted molar refractivity (Wildman–Crippen MR) is 86.7 cm³/mol. The van der Waals surface area contributed by atoms with E-state index >= 15 is 0 Å². The molecule has 0 aromatic heterocycles. The van der Waals surface area contributed by atoms with E-state index in [1.165, 1.54) is 17.1 Å². The third-order valence-electron chi connectivity index (χ3n) is 2.78. The SMILES string of the molecule is CN(C)NC(=O)[C@@H](CCS(C)(=O)=O)NS(=O)(=O)c1ccccc1. The molecule has 1 rings (SSSR count). The summed E-state index contributed by atoms with van der Waals surface area (Å²) in [5, 5.41) is 1.35. The van der Waals surface area contributed by atoms with Gasteiger partial charge in [0.15, 0.2) is 0 Å². The molecule has 0 heterocycles. The number of hydrogen-bond acceptors (Lipinski definition) is 6. The molecule has 1 amide bonds. The van der Waals surface area contributed by atoms with Crippen molar-refractivity contribution in [1.82, 2.24) is 15.2 Å². The van der Waals surface area contributed by atoms with Crippen LogP contribution in [0.1, 0.15) is 6.42 Å². The van der Waals surface area contributed by atoms with E-state index in [9.17, 15) is 21.6 Å². The molecular weight excluding hydrogens is 342 g/mol. The lowest BCUT2D eigenvalue weighted by Crippen LogP contribution is -2.50. The van der Waals surface area contributed by atoms with Gasteiger partial charge in [0.25, 0.3) is 5.91 Å². The number of nitrogens with one attached hydrogen (secondary N) is 2. The Kier molecular flexibility index (Phi) is 6.69. The highest BCUT2D eigenvalue weighted by molar-refractivity contribution is 7.90. The van der Waals surface area contributed by atoms with Gasteiger partial charge in [0.1, 0.15) is 15.9 Å². The van der Waals surface area contributed by atoms with Crippen LogP contribution in [0.25, 0.3) is 0 Å². The molecule has 130 valence electrons. The van der Waals surface area contributed by atoms with Crippen LogP contribution in [0.4, 0.5) is 0 Å². The Hall–Kier alpha value is -1.49. The molecule has 0 saturated heterocycles. The van der Waals surface area contributed by atoms with Gasteiger partial charge >= 0.3 is 0 Å². The molecule has 0 saturated carbocycles. The lowest BCUT2D eigenvalue weighted by atomic mass is 10.2. The highest BCUT2D eigenvalue weighted by atomic mass is 32.2. The van der Waals surface area contributed by atoms with Crippen molar-refractivity contribution >= 4 is 25.8 Å². The minimum atomic E-state index is -3.93. The molecule has 2 N–H and O–H groups in total. The maximum atomic E-state index is 12.3. The van der Waals surface area contributed by atoms with Crippen LogP contribution in [-0.2, 0) is 24.7 Å². The maximum Gasteiger partial charge on any atom is 0.252 e. The summed E-state index contributed by atoms with van der Waals surface area (Å²) in [6.07, 6.45) is 0.865. The Morgan fingerprint density at radius 3 is 2.17 bits per heavy atom. The number of sulfonamides is 1. The first-order valence-electron chi connectivity index (χ1n) is 6.74. The van der Waals surface area contributed by atoms with Crippen molar-refractivity contribution in [2.24, 2.45) is 0 Å². The summed E-state index contributed by atoms with van der Waals surface area (Å²) in [4.78, 5) is 12.1. The summed E-state index contributed by atoms with van der Waals surface area (Å²) in [5.74, 6) is -0.936. The van der Waals surface area contributed by atoms with Crippen LogP contribution in [0.2, 0.25) is 0 Å². The van der Waals surface area contributed by atoms with Crippen molar-refractivity contribution in [2.75, 3.05) is 26.1 Å². The Balaban J connectivity index is 2.97. The fourth-order valence-corrected chi connectivity index (χ4v) is 3.64. The third-order valence-corrected chi connectivity index (χ3v) is 5.24. The lowest BCUT2D eigenvalue weighted by molar-refractivity contribution is -0.126. The van der Waals surface area contributed by atoms with Crippen LogP contribution in [0, 0.1) is 0 Å². The van der Waals surface area contributed by atoms with E-state index in [4.69, 9.17) is 0 Å². The van der Waals surface area contributed by atoms with Gasteiger partial charge in [0.05, 0.1) is 10.6 Å². The van der Waals surface area contributed by atoms with E-state index in [0.717, 1.165) is 6.26 Å². The molecule has 0 aliphatic carbocycles. The molecule has 0 spiro atoms. The van der Waals surface area contributed by atoms with Crippen LogP contribution >= 0.6 is 0 Å². The minimum Gasteiger partial charge on any atom is -0.288 e. The summed E-state index contributed by atoms with van der Waals surface area (Å²) in [7, 11) is -4.13. The zero-order chi connectivity index (χ0) is 17.7. The van der Waals surface area contributed by atoms with Crippen molar-refractivity contribution in [3.63, 3.8) is 0 Å². The molecule has 0 aliphatic heterocycles. The number of carbonyl (C=O) groups excluding carboxylic acids is 1. The molecule has 10 heteroatoms. The van der Waals surface area contributed by atoms with Gasteiger partial charge < -0.3 is 0 Å². The van der Waals surface area contributed by atoms with Crippen LogP contribution in [0.15, 0.2) is 35.2 Å². The lowest BCUT2D eigenvalue weighted by Gasteiger charge is -2.20. The zero-order valence-corrected chi connectivity index (χ0v) is 14.8. The van der Waals surface area contributed by atoms with E-state index in [2.05, 4.69) is 10.1 Å². The summed E-state index contributed by atoms with van der Waals surface area (Å²) in [6, 6.07) is 6.36. The average Bonchev–Trinajstić information content (AvgIpc) is 2.42. The molecule has 8 nitrogen and oxygen atoms in total. The van der Waals surface area contributed by atoms with Gasteiger partial charge in [-0.15, -0.1) is 0 Å². The van der Waals surface area contributed by atoms with Gasteiger partial charge in [-0.2, -0.15) is 4.72 Å². The average molecular weight is 363 g/mol. The molecule has 1 aromatic rings. The summed E-state index contributed by atoms with van der Waals surface area (Å²) >= 11 is 0. The number of hydrogen-bond donors (Lipinski definition) is 2. The smallest absolute Gasteiger partial charge is 0.252 e. The predicted octanol–water partition coefficient (Wildman–Crippen LogP) is -0.639. The number of hydrazine groups is 1. The molecule has 1 aromatic carbocycles. The van der Waals surface area contributed by atoms with E-state index in [1.54, 1.807) is 32.3 Å². The zero-order valence-electron chi connectivity index (χ0n) is 13.2. The van der Waals surface area contributed by atoms with Crippen LogP contribution < -0.4 is 10.1 Å². The number of carbonyl (C=O) groups is 1. The van der Waals surface area contributed by atoms with E-state index in [1.807, 2.05) is 0 Å². The molecule has 0 bridgehead atoms. The van der Waals surface area contributed by atoms with Crippen molar-refractivity contribution in [1.29, 1.82) is 0 Å². The molecule has 0 aliphatic rings. The largest absolute Gasteiger partial charge is 0.288 e. The minimum absolute atomic E-state index is 0.00186. The monoisotopic (exact) mass is 363 g/mol. The van der Waals surface area contributed by atoms with Gasteiger partial charge in [0, 0.05) is 20.4 Å². The number of nitrogens with zero attached hydrogens (tertiary/aromatic N) is 1. The number of sulfone groups is 1. The molecular formula is C13H21N3O5S2. The summed E-state index contributed by atoms with van der Waals surface area (Å²) in [6.45, 7) is 0. The normalized spacial score (nSPS) is 13.7. The first kappa shape index (κ1) is 19.6. The fourth-order valence-electron chi connectivity index (χ4n) is 1.73. The first-order chi connectivity index (χ1) is 10.5. The Morgan fingerprint density at radius 1 is 1.13 bits per heavy atom. The second-order valence-corrected chi connectivity index (χ2v) is 9.25. The quantitative estimate of drug-likeness (QED) is 0.594. The van der Waals surface area contributed by atoms with Crippen LogP contribution in [0.5, 0.6) is 0 Å². The van der Waals surface area contributed by atoms with Gasteiger partial charge in [-0.05, 0) is 18.6 Å². The molecule has 0 radical (unpaired) electrons. The Labute approximate surface area is 136 Å². The molecule has 23 heavy (non-hydrogen) atoms. The van der Waals surface area contributed by atoms with Crippen LogP contribution in [-0.4, -0.2) is 59.9 Å². The maximum absolute atomic E-state index is 12.3. The number of amides is 1. The van der Waals surface area contributed by atoms with E-state index in [-0.39, 0.29) is 17.1 Å². The third kappa shape index (κ3) is 7.08. The van der Waals surface area contributed by atoms with Crippen molar-refractivity contribution < 1.29 is 21.6 Å². The van der Waals surface area contributed by atoms with Gasteiger partial charge in [-0.25, -0.2) is 21.8 Å². The number of benzene rings is 1. The van der Waals surface area contributed by atoms with Crippen LogP contribution in [0.3, 0.4) is 0 Å². The highest BCUT2D eigenvalue weighted by Crippen LogP contribution is 2.09. The summed E-state index contributed by atoms with van der Waals surface area (Å²) in [5.41, 5.74) is 2.43. The Morgan fingerprint density at radius 2 is 1.70 bits per heavy atom. The van der Waals surface area contributed by atoms with E-state index < -0.39 is 31.8 Å². The molecule has 1 atom stereocenters. The second kappa shape index (κ2) is 7.86. The first-order valence-corrected chi connectivity index (χ1v) is 10.3. The second-order valence-electron chi connectivity index (χ2n) is 5.28. The van der Waals surface area contributed by atoms with E-state index in [0.29, 0.717) is 0 Å². The molecule has 0 fully saturated rings.